The van der Waals surface area contributed by atoms with Gasteiger partial charge in [-0.2, -0.15) is 0 Å². The van der Waals surface area contributed by atoms with Crippen LogP contribution in [0.15, 0.2) is 30.6 Å². The highest BCUT2D eigenvalue weighted by atomic mass is 35.5. The Labute approximate surface area is 113 Å². The van der Waals surface area contributed by atoms with E-state index in [0.717, 1.165) is 11.1 Å². The molecule has 0 aliphatic rings. The molecule has 6 heteroatoms. The molecule has 4 nitrogen and oxygen atoms in total. The van der Waals surface area contributed by atoms with Crippen molar-refractivity contribution in [1.29, 1.82) is 0 Å². The zero-order valence-corrected chi connectivity index (χ0v) is 10.9. The Kier molecular flexibility index (Phi) is 2.69. The fourth-order valence-electron chi connectivity index (χ4n) is 1.81. The number of fused-ring (bicyclic) bond motifs is 1. The summed E-state index contributed by atoms with van der Waals surface area (Å²) < 4.78 is 1.72. The molecule has 1 aromatic carbocycles. The Hall–Kier alpha value is -1.65. The Morgan fingerprint density at radius 1 is 1.11 bits per heavy atom. The van der Waals surface area contributed by atoms with E-state index >= 15 is 0 Å². The number of hydrogen-bond donors (Lipinski definition) is 0. The minimum absolute atomic E-state index is 0.449. The average molecular weight is 279 g/mol. The first-order chi connectivity index (χ1) is 8.68. The van der Waals surface area contributed by atoms with E-state index in [9.17, 15) is 0 Å². The molecule has 0 aliphatic heterocycles. The number of halogens is 2. The molecular formula is C12H8Cl2N4. The first-order valence-corrected chi connectivity index (χ1v) is 6.04. The van der Waals surface area contributed by atoms with E-state index in [1.54, 1.807) is 16.8 Å². The third kappa shape index (κ3) is 1.65. The van der Waals surface area contributed by atoms with E-state index in [0.29, 0.717) is 21.6 Å². The number of hydrogen-bond acceptors (Lipinski definition) is 3. The van der Waals surface area contributed by atoms with Crippen LogP contribution in [0.3, 0.4) is 0 Å². The normalized spacial score (nSPS) is 11.1. The SMILES string of the molecule is Cc1cccc(-c2nnc3cncc(Cl)n23)c1Cl. The highest BCUT2D eigenvalue weighted by Gasteiger charge is 2.14. The van der Waals surface area contributed by atoms with Crippen molar-refractivity contribution in [3.8, 4) is 11.4 Å². The predicted octanol–water partition coefficient (Wildman–Crippen LogP) is 3.41. The van der Waals surface area contributed by atoms with Gasteiger partial charge in [-0.15, -0.1) is 10.2 Å². The van der Waals surface area contributed by atoms with E-state index in [1.807, 2.05) is 25.1 Å². The van der Waals surface area contributed by atoms with Crippen molar-refractivity contribution in [2.75, 3.05) is 0 Å². The molecule has 90 valence electrons. The fraction of sp³-hybridized carbons (Fsp3) is 0.0833. The summed E-state index contributed by atoms with van der Waals surface area (Å²) in [6.45, 7) is 1.94. The maximum absolute atomic E-state index is 6.30. The van der Waals surface area contributed by atoms with Gasteiger partial charge in [-0.1, -0.05) is 35.3 Å². The Morgan fingerprint density at radius 3 is 2.78 bits per heavy atom. The quantitative estimate of drug-likeness (QED) is 0.685. The second kappa shape index (κ2) is 4.23. The lowest BCUT2D eigenvalue weighted by molar-refractivity contribution is 1.11. The van der Waals surface area contributed by atoms with Crippen LogP contribution in [0.4, 0.5) is 0 Å². The van der Waals surface area contributed by atoms with Gasteiger partial charge in [0.15, 0.2) is 11.5 Å². The number of aromatic nitrogens is 4. The summed E-state index contributed by atoms with van der Waals surface area (Å²) >= 11 is 12.4. The molecule has 3 rings (SSSR count). The second-order valence-corrected chi connectivity index (χ2v) is 4.65. The minimum Gasteiger partial charge on any atom is -0.262 e. The van der Waals surface area contributed by atoms with Gasteiger partial charge in [0.25, 0.3) is 0 Å². The Balaban J connectivity index is 2.36. The molecule has 0 bridgehead atoms. The standard InChI is InChI=1S/C12H8Cl2N4/c1-7-3-2-4-8(11(7)14)12-17-16-10-6-15-5-9(13)18(10)12/h2-6H,1H3. The molecule has 0 atom stereocenters. The number of rotatable bonds is 1. The molecule has 0 spiro atoms. The van der Waals surface area contributed by atoms with Gasteiger partial charge >= 0.3 is 0 Å². The van der Waals surface area contributed by atoms with E-state index in [4.69, 9.17) is 23.2 Å². The predicted molar refractivity (Wildman–Crippen MR) is 71.0 cm³/mol. The third-order valence-electron chi connectivity index (χ3n) is 2.71. The van der Waals surface area contributed by atoms with Gasteiger partial charge in [0.1, 0.15) is 5.15 Å². The van der Waals surface area contributed by atoms with Crippen molar-refractivity contribution in [1.82, 2.24) is 19.6 Å². The molecule has 0 fully saturated rings. The Bertz CT molecular complexity index is 736. The lowest BCUT2D eigenvalue weighted by atomic mass is 10.1. The van der Waals surface area contributed by atoms with E-state index in [1.165, 1.54) is 0 Å². The highest BCUT2D eigenvalue weighted by molar-refractivity contribution is 6.34. The van der Waals surface area contributed by atoms with Crippen LogP contribution in [-0.2, 0) is 0 Å². The molecule has 0 amide bonds. The van der Waals surface area contributed by atoms with Gasteiger partial charge < -0.3 is 0 Å². The van der Waals surface area contributed by atoms with Crippen LogP contribution in [0, 0.1) is 6.92 Å². The molecule has 0 N–H and O–H groups in total. The van der Waals surface area contributed by atoms with Crippen molar-refractivity contribution in [3.05, 3.63) is 46.3 Å². The number of benzene rings is 1. The largest absolute Gasteiger partial charge is 0.262 e. The maximum atomic E-state index is 6.30. The highest BCUT2D eigenvalue weighted by Crippen LogP contribution is 2.30. The van der Waals surface area contributed by atoms with Crippen LogP contribution in [0.5, 0.6) is 0 Å². The number of nitrogens with zero attached hydrogens (tertiary/aromatic N) is 4. The van der Waals surface area contributed by atoms with E-state index in [2.05, 4.69) is 15.2 Å². The number of aryl methyl sites for hydroxylation is 1. The molecule has 2 heterocycles. The fourth-order valence-corrected chi connectivity index (χ4v) is 2.24. The Morgan fingerprint density at radius 2 is 1.94 bits per heavy atom. The summed E-state index contributed by atoms with van der Waals surface area (Å²) in [7, 11) is 0. The summed E-state index contributed by atoms with van der Waals surface area (Å²) in [5, 5.41) is 9.27. The molecule has 0 saturated carbocycles. The lowest BCUT2D eigenvalue weighted by Crippen LogP contribution is -1.93. The molecular weight excluding hydrogens is 271 g/mol. The van der Waals surface area contributed by atoms with Gasteiger partial charge in [-0.3, -0.25) is 9.38 Å². The topological polar surface area (TPSA) is 43.1 Å². The smallest absolute Gasteiger partial charge is 0.180 e. The van der Waals surface area contributed by atoms with Crippen LogP contribution in [-0.4, -0.2) is 19.6 Å². The summed E-state index contributed by atoms with van der Waals surface area (Å²) in [4.78, 5) is 3.97. The van der Waals surface area contributed by atoms with Crippen molar-refractivity contribution in [2.24, 2.45) is 0 Å². The zero-order valence-electron chi connectivity index (χ0n) is 9.43. The molecule has 0 aliphatic carbocycles. The first-order valence-electron chi connectivity index (χ1n) is 5.28. The molecule has 0 saturated heterocycles. The second-order valence-electron chi connectivity index (χ2n) is 3.88. The van der Waals surface area contributed by atoms with Gasteiger partial charge in [0.05, 0.1) is 17.4 Å². The summed E-state index contributed by atoms with van der Waals surface area (Å²) in [6, 6.07) is 5.76. The van der Waals surface area contributed by atoms with Crippen LogP contribution >= 0.6 is 23.2 Å². The van der Waals surface area contributed by atoms with Crippen molar-refractivity contribution < 1.29 is 0 Å². The van der Waals surface area contributed by atoms with Crippen LogP contribution in [0.25, 0.3) is 17.0 Å². The summed E-state index contributed by atoms with van der Waals surface area (Å²) in [5.41, 5.74) is 2.38. The zero-order chi connectivity index (χ0) is 12.7. The van der Waals surface area contributed by atoms with Crippen LogP contribution < -0.4 is 0 Å². The molecule has 18 heavy (non-hydrogen) atoms. The third-order valence-corrected chi connectivity index (χ3v) is 3.47. The van der Waals surface area contributed by atoms with Gasteiger partial charge in [-0.25, -0.2) is 0 Å². The van der Waals surface area contributed by atoms with Crippen molar-refractivity contribution in [3.63, 3.8) is 0 Å². The molecule has 2 aromatic heterocycles. The first kappa shape index (κ1) is 11.4. The maximum Gasteiger partial charge on any atom is 0.180 e. The van der Waals surface area contributed by atoms with Gasteiger partial charge in [-0.05, 0) is 18.6 Å². The van der Waals surface area contributed by atoms with Crippen LogP contribution in [0.1, 0.15) is 5.56 Å². The van der Waals surface area contributed by atoms with Crippen molar-refractivity contribution >= 4 is 28.8 Å². The summed E-state index contributed by atoms with van der Waals surface area (Å²) in [6.07, 6.45) is 3.15. The minimum atomic E-state index is 0.449. The lowest BCUT2D eigenvalue weighted by Gasteiger charge is -2.05. The molecule has 0 unspecified atom stereocenters. The monoisotopic (exact) mass is 278 g/mol. The molecule has 3 aromatic rings. The van der Waals surface area contributed by atoms with Gasteiger partial charge in [0, 0.05) is 5.56 Å². The van der Waals surface area contributed by atoms with E-state index < -0.39 is 0 Å². The van der Waals surface area contributed by atoms with Crippen molar-refractivity contribution in [2.45, 2.75) is 6.92 Å². The van der Waals surface area contributed by atoms with E-state index in [-0.39, 0.29) is 0 Å². The average Bonchev–Trinajstić information content (AvgIpc) is 2.78. The molecule has 0 radical (unpaired) electrons. The summed E-state index contributed by atoms with van der Waals surface area (Å²) in [5.74, 6) is 0.617. The van der Waals surface area contributed by atoms with Crippen LogP contribution in [0.2, 0.25) is 10.2 Å². The van der Waals surface area contributed by atoms with Gasteiger partial charge in [0.2, 0.25) is 0 Å².